The summed E-state index contributed by atoms with van der Waals surface area (Å²) >= 11 is 0.930. The molecular formula is C20H17FN2Na2O7S3. The molecule has 2 aromatic heterocycles. The maximum absolute atomic E-state index is 13.6. The standard InChI is InChI=1S/C20H15FN2O7S3.2Na.2H/c1-10-13-8-12(21)4-6-16(13)31-20(10)33(28,29)23-14-5-3-11(7-17(14)32(2,26)27)18-22-15(9-30-18)19(24)25;;;;/h3-9,23H,1-2H3,(H,24,25);;;;/q;2*+1;2*-1. The van der Waals surface area contributed by atoms with Crippen LogP contribution in [0.1, 0.15) is 18.9 Å². The minimum absolute atomic E-state index is 0. The summed E-state index contributed by atoms with van der Waals surface area (Å²) in [5, 5.41) is 9.43. The molecule has 2 aromatic carbocycles. The van der Waals surface area contributed by atoms with Crippen molar-refractivity contribution >= 4 is 52.9 Å². The van der Waals surface area contributed by atoms with Crippen molar-refractivity contribution in [2.45, 2.75) is 16.0 Å². The number of carboxylic acid groups (broad SMARTS) is 1. The molecule has 0 unspecified atom stereocenters. The first-order valence-corrected chi connectivity index (χ1v) is 13.3. The van der Waals surface area contributed by atoms with Crippen LogP contribution in [-0.2, 0) is 19.9 Å². The summed E-state index contributed by atoms with van der Waals surface area (Å²) in [6, 6.07) is 7.63. The van der Waals surface area contributed by atoms with E-state index in [0.29, 0.717) is 15.6 Å². The first kappa shape index (κ1) is 29.9. The van der Waals surface area contributed by atoms with Crippen LogP contribution in [0.15, 0.2) is 56.2 Å². The largest absolute Gasteiger partial charge is 1.00 e. The van der Waals surface area contributed by atoms with Crippen LogP contribution in [0.25, 0.3) is 21.5 Å². The zero-order valence-corrected chi connectivity index (χ0v) is 25.4. The Labute approximate surface area is 251 Å². The Hall–Kier alpha value is -1.29. The molecule has 9 nitrogen and oxygen atoms in total. The SMILES string of the molecule is Cc1c(S(=O)(=O)Nc2ccc(-c3nc(C(=O)O)co3)cc2S(C)(=O)=O)sc2ccc(F)cc12.[H-].[H-].[Na+].[Na+]. The van der Waals surface area contributed by atoms with Crippen molar-refractivity contribution in [2.24, 2.45) is 0 Å². The number of anilines is 1. The molecule has 0 fully saturated rings. The normalized spacial score (nSPS) is 11.5. The number of nitrogens with zero attached hydrogens (tertiary/aromatic N) is 1. The minimum Gasteiger partial charge on any atom is -1.00 e. The molecule has 0 saturated carbocycles. The number of oxazole rings is 1. The second-order valence-corrected chi connectivity index (χ2v) is 12.0. The van der Waals surface area contributed by atoms with E-state index < -0.39 is 31.6 Å². The van der Waals surface area contributed by atoms with Crippen LogP contribution in [0.3, 0.4) is 0 Å². The van der Waals surface area contributed by atoms with Crippen LogP contribution in [0.5, 0.6) is 0 Å². The molecule has 2 heterocycles. The Kier molecular flexibility index (Phi) is 9.40. The monoisotopic (exact) mass is 558 g/mol. The number of rotatable bonds is 6. The molecule has 2 N–H and O–H groups in total. The van der Waals surface area contributed by atoms with Gasteiger partial charge >= 0.3 is 65.1 Å². The molecule has 0 aliphatic heterocycles. The summed E-state index contributed by atoms with van der Waals surface area (Å²) in [7, 11) is -8.15. The fourth-order valence-corrected chi connectivity index (χ4v) is 6.92. The number of fused-ring (bicyclic) bond motifs is 1. The Morgan fingerprint density at radius 1 is 1.14 bits per heavy atom. The van der Waals surface area contributed by atoms with Gasteiger partial charge in [-0.2, -0.15) is 0 Å². The molecule has 0 radical (unpaired) electrons. The number of sulfone groups is 1. The van der Waals surface area contributed by atoms with Gasteiger partial charge in [0.15, 0.2) is 15.5 Å². The number of carboxylic acids is 1. The quantitative estimate of drug-likeness (QED) is 0.262. The van der Waals surface area contributed by atoms with Gasteiger partial charge in [-0.05, 0) is 54.3 Å². The van der Waals surface area contributed by atoms with Crippen molar-refractivity contribution < 1.29 is 97.5 Å². The molecule has 4 rings (SSSR count). The summed E-state index contributed by atoms with van der Waals surface area (Å²) < 4.78 is 72.5. The molecule has 0 bridgehead atoms. The molecule has 0 amide bonds. The zero-order valence-electron chi connectivity index (χ0n) is 21.0. The summed E-state index contributed by atoms with van der Waals surface area (Å²) in [5.41, 5.74) is -0.110. The van der Waals surface area contributed by atoms with Gasteiger partial charge in [0.2, 0.25) is 5.89 Å². The predicted molar refractivity (Wildman–Crippen MR) is 122 cm³/mol. The molecule has 0 atom stereocenters. The van der Waals surface area contributed by atoms with Gasteiger partial charge < -0.3 is 12.4 Å². The van der Waals surface area contributed by atoms with Crippen molar-refractivity contribution in [1.82, 2.24) is 4.98 Å². The fourth-order valence-electron chi connectivity index (χ4n) is 3.17. The first-order valence-electron chi connectivity index (χ1n) is 9.11. The third-order valence-electron chi connectivity index (χ3n) is 4.69. The van der Waals surface area contributed by atoms with E-state index in [9.17, 15) is 26.0 Å². The number of aryl methyl sites for hydroxylation is 1. The fraction of sp³-hybridized carbons (Fsp3) is 0.100. The molecule has 176 valence electrons. The summed E-state index contributed by atoms with van der Waals surface area (Å²) in [4.78, 5) is 14.4. The Morgan fingerprint density at radius 3 is 2.43 bits per heavy atom. The number of nitrogens with one attached hydrogen (secondary N) is 1. The van der Waals surface area contributed by atoms with E-state index in [0.717, 1.165) is 29.9 Å². The Bertz CT molecular complexity index is 1660. The molecular weight excluding hydrogens is 541 g/mol. The molecule has 0 spiro atoms. The van der Waals surface area contributed by atoms with Crippen LogP contribution in [-0.4, -0.2) is 39.2 Å². The van der Waals surface area contributed by atoms with Gasteiger partial charge in [0.1, 0.15) is 16.3 Å². The number of halogens is 1. The third-order valence-corrected chi connectivity index (χ3v) is 9.09. The van der Waals surface area contributed by atoms with E-state index in [1.165, 1.54) is 37.3 Å². The Morgan fingerprint density at radius 2 is 1.83 bits per heavy atom. The number of benzene rings is 2. The number of thiophene rings is 1. The van der Waals surface area contributed by atoms with E-state index in [1.54, 1.807) is 0 Å². The van der Waals surface area contributed by atoms with Gasteiger partial charge in [0, 0.05) is 16.5 Å². The van der Waals surface area contributed by atoms with Crippen molar-refractivity contribution in [3.05, 3.63) is 59.7 Å². The number of aromatic carboxylic acids is 1. The van der Waals surface area contributed by atoms with Crippen LogP contribution >= 0.6 is 11.3 Å². The van der Waals surface area contributed by atoms with Gasteiger partial charge in [0.25, 0.3) is 10.0 Å². The number of hydrogen-bond acceptors (Lipinski definition) is 8. The second kappa shape index (κ2) is 11.0. The van der Waals surface area contributed by atoms with E-state index >= 15 is 0 Å². The van der Waals surface area contributed by atoms with Crippen molar-refractivity contribution in [3.63, 3.8) is 0 Å². The van der Waals surface area contributed by atoms with Gasteiger partial charge in [-0.25, -0.2) is 31.0 Å². The predicted octanol–water partition coefficient (Wildman–Crippen LogP) is -1.86. The molecule has 15 heteroatoms. The Balaban J connectivity index is 0.00000324. The van der Waals surface area contributed by atoms with Crippen molar-refractivity contribution in [2.75, 3.05) is 11.0 Å². The minimum atomic E-state index is -4.22. The first-order chi connectivity index (χ1) is 15.4. The average molecular weight is 559 g/mol. The topological polar surface area (TPSA) is 144 Å². The van der Waals surface area contributed by atoms with E-state index in [-0.39, 0.29) is 93.9 Å². The van der Waals surface area contributed by atoms with Crippen molar-refractivity contribution in [1.29, 1.82) is 0 Å². The number of aromatic nitrogens is 1. The average Bonchev–Trinajstić information content (AvgIpc) is 3.33. The maximum atomic E-state index is 13.6. The van der Waals surface area contributed by atoms with Crippen molar-refractivity contribution in [3.8, 4) is 11.5 Å². The third kappa shape index (κ3) is 6.17. The number of sulfonamides is 1. The van der Waals surface area contributed by atoms with Gasteiger partial charge in [-0.15, -0.1) is 11.3 Å². The maximum Gasteiger partial charge on any atom is 1.00 e. The summed E-state index contributed by atoms with van der Waals surface area (Å²) in [6.45, 7) is 1.54. The molecule has 4 aromatic rings. The molecule has 0 aliphatic rings. The summed E-state index contributed by atoms with van der Waals surface area (Å²) in [6.07, 6.45) is 1.80. The number of carbonyl (C=O) groups is 1. The summed E-state index contributed by atoms with van der Waals surface area (Å²) in [5.74, 6) is -1.97. The van der Waals surface area contributed by atoms with Crippen LogP contribution in [0, 0.1) is 12.7 Å². The van der Waals surface area contributed by atoms with Crippen LogP contribution in [0.2, 0.25) is 0 Å². The molecule has 0 saturated heterocycles. The van der Waals surface area contributed by atoms with E-state index in [4.69, 9.17) is 9.52 Å². The van der Waals surface area contributed by atoms with Crippen LogP contribution < -0.4 is 63.8 Å². The smallest absolute Gasteiger partial charge is 1.00 e. The molecule has 35 heavy (non-hydrogen) atoms. The van der Waals surface area contributed by atoms with Gasteiger partial charge in [-0.3, -0.25) is 4.72 Å². The second-order valence-electron chi connectivity index (χ2n) is 7.09. The van der Waals surface area contributed by atoms with Crippen LogP contribution in [0.4, 0.5) is 10.1 Å². The van der Waals surface area contributed by atoms with Gasteiger partial charge in [0.05, 0.1) is 10.6 Å². The zero-order chi connectivity index (χ0) is 24.1. The van der Waals surface area contributed by atoms with Gasteiger partial charge in [-0.1, -0.05) is 0 Å². The molecule has 0 aliphatic carbocycles. The van der Waals surface area contributed by atoms with E-state index in [1.807, 2.05) is 0 Å². The number of hydrogen-bond donors (Lipinski definition) is 2. The van der Waals surface area contributed by atoms with E-state index in [2.05, 4.69) is 9.71 Å².